The fourth-order valence-corrected chi connectivity index (χ4v) is 4.25. The van der Waals surface area contributed by atoms with Gasteiger partial charge < -0.3 is 0 Å². The van der Waals surface area contributed by atoms with Crippen molar-refractivity contribution in [3.63, 3.8) is 0 Å². The van der Waals surface area contributed by atoms with Crippen LogP contribution in [0.3, 0.4) is 0 Å². The van der Waals surface area contributed by atoms with Gasteiger partial charge in [-0.25, -0.2) is 22.0 Å². The Kier molecular flexibility index (Phi) is 5.79. The largest absolute Gasteiger partial charge is 0.279 e. The highest BCUT2D eigenvalue weighted by atomic mass is 32.2. The van der Waals surface area contributed by atoms with Gasteiger partial charge in [0.05, 0.1) is 15.5 Å². The smallest absolute Gasteiger partial charge is 0.261 e. The number of primary sulfonamides is 1. The Balaban J connectivity index is 2.42. The third kappa shape index (κ3) is 4.44. The van der Waals surface area contributed by atoms with Gasteiger partial charge in [-0.1, -0.05) is 26.0 Å². The molecule has 0 radical (unpaired) electrons. The number of nitrogens with one attached hydrogen (secondary N) is 1. The summed E-state index contributed by atoms with van der Waals surface area (Å²) in [7, 11) is -7.79. The van der Waals surface area contributed by atoms with E-state index in [2.05, 4.69) is 18.6 Å². The molecule has 0 aliphatic carbocycles. The highest BCUT2D eigenvalue weighted by Crippen LogP contribution is 2.27. The molecule has 8 heteroatoms. The Hall–Kier alpha value is -1.90. The topological polar surface area (TPSA) is 106 Å². The van der Waals surface area contributed by atoms with E-state index >= 15 is 0 Å². The van der Waals surface area contributed by atoms with Gasteiger partial charge in [-0.3, -0.25) is 4.72 Å². The first-order valence-corrected chi connectivity index (χ1v) is 11.3. The van der Waals surface area contributed by atoms with Gasteiger partial charge in [-0.2, -0.15) is 0 Å². The maximum absolute atomic E-state index is 12.7. The van der Waals surface area contributed by atoms with Gasteiger partial charge in [0.25, 0.3) is 10.0 Å². The van der Waals surface area contributed by atoms with Crippen LogP contribution in [0.2, 0.25) is 0 Å². The number of hydrogen-bond acceptors (Lipinski definition) is 4. The fraction of sp³-hybridized carbons (Fsp3) is 0.333. The molecule has 0 saturated carbocycles. The van der Waals surface area contributed by atoms with Crippen LogP contribution >= 0.6 is 0 Å². The van der Waals surface area contributed by atoms with E-state index < -0.39 is 20.0 Å². The molecule has 0 spiro atoms. The number of anilines is 1. The first-order valence-electron chi connectivity index (χ1n) is 8.22. The Labute approximate surface area is 155 Å². The van der Waals surface area contributed by atoms with E-state index in [4.69, 9.17) is 5.14 Å². The molecule has 2 aromatic rings. The lowest BCUT2D eigenvalue weighted by Crippen LogP contribution is -2.17. The van der Waals surface area contributed by atoms with Crippen molar-refractivity contribution in [2.75, 3.05) is 4.72 Å². The molecular weight excluding hydrogens is 372 g/mol. The molecular formula is C18H24N2O4S2. The summed E-state index contributed by atoms with van der Waals surface area (Å²) >= 11 is 0. The summed E-state index contributed by atoms with van der Waals surface area (Å²) in [5.41, 5.74) is 2.52. The van der Waals surface area contributed by atoms with Crippen LogP contribution in [0.25, 0.3) is 0 Å². The van der Waals surface area contributed by atoms with Crippen LogP contribution in [-0.2, 0) is 20.0 Å². The van der Waals surface area contributed by atoms with E-state index in [1.54, 1.807) is 38.1 Å². The summed E-state index contributed by atoms with van der Waals surface area (Å²) in [6, 6.07) is 9.35. The van der Waals surface area contributed by atoms with Crippen molar-refractivity contribution in [1.29, 1.82) is 0 Å². The number of sulfonamides is 2. The van der Waals surface area contributed by atoms with Crippen molar-refractivity contribution in [3.8, 4) is 0 Å². The zero-order valence-corrected chi connectivity index (χ0v) is 16.9. The predicted octanol–water partition coefficient (Wildman–Crippen LogP) is 3.27. The van der Waals surface area contributed by atoms with Gasteiger partial charge in [-0.05, 0) is 67.1 Å². The molecule has 0 aliphatic heterocycles. The zero-order chi connectivity index (χ0) is 19.7. The molecule has 0 aliphatic rings. The number of nitrogens with two attached hydrogens (primary N) is 1. The molecule has 6 nitrogen and oxygen atoms in total. The molecule has 1 atom stereocenters. The third-order valence-corrected chi connectivity index (χ3v) is 6.86. The normalized spacial score (nSPS) is 13.4. The maximum Gasteiger partial charge on any atom is 0.261 e. The van der Waals surface area contributed by atoms with E-state index in [1.807, 2.05) is 0 Å². The minimum absolute atomic E-state index is 0.114. The van der Waals surface area contributed by atoms with Crippen LogP contribution in [0.15, 0.2) is 46.2 Å². The summed E-state index contributed by atoms with van der Waals surface area (Å²) in [5, 5.41) is 5.17. The molecule has 0 heterocycles. The quantitative estimate of drug-likeness (QED) is 0.781. The third-order valence-electron chi connectivity index (χ3n) is 4.59. The van der Waals surface area contributed by atoms with Gasteiger partial charge >= 0.3 is 0 Å². The van der Waals surface area contributed by atoms with Crippen molar-refractivity contribution in [3.05, 3.63) is 53.1 Å². The lowest BCUT2D eigenvalue weighted by Gasteiger charge is -2.15. The van der Waals surface area contributed by atoms with Gasteiger partial charge in [0.1, 0.15) is 0 Å². The Morgan fingerprint density at radius 3 is 2.08 bits per heavy atom. The highest BCUT2D eigenvalue weighted by Gasteiger charge is 2.19. The average Bonchev–Trinajstić information content (AvgIpc) is 2.57. The number of benzene rings is 2. The van der Waals surface area contributed by atoms with Gasteiger partial charge in [-0.15, -0.1) is 0 Å². The SMILES string of the molecule is CC[C@@H](C)c1ccc(S(=O)(=O)Nc2cc(S(N)(=O)=O)cc(C)c2C)cc1. The summed E-state index contributed by atoms with van der Waals surface area (Å²) in [4.78, 5) is -0.0203. The molecule has 0 unspecified atom stereocenters. The first kappa shape index (κ1) is 20.4. The second kappa shape index (κ2) is 7.38. The van der Waals surface area contributed by atoms with Gasteiger partial charge in [0.15, 0.2) is 0 Å². The lowest BCUT2D eigenvalue weighted by molar-refractivity contribution is 0.596. The van der Waals surface area contributed by atoms with Crippen molar-refractivity contribution in [2.45, 2.75) is 49.8 Å². The Morgan fingerprint density at radius 1 is 1.00 bits per heavy atom. The molecule has 0 aromatic heterocycles. The zero-order valence-electron chi connectivity index (χ0n) is 15.3. The van der Waals surface area contributed by atoms with Crippen LogP contribution in [0.5, 0.6) is 0 Å². The second-order valence-electron chi connectivity index (χ2n) is 6.44. The summed E-state index contributed by atoms with van der Waals surface area (Å²) < 4.78 is 51.1. The predicted molar refractivity (Wildman–Crippen MR) is 103 cm³/mol. The van der Waals surface area contributed by atoms with Crippen LogP contribution in [0.1, 0.15) is 42.9 Å². The van der Waals surface area contributed by atoms with Gasteiger partial charge in [0.2, 0.25) is 10.0 Å². The molecule has 0 saturated heterocycles. The number of aryl methyl sites for hydroxylation is 1. The van der Waals surface area contributed by atoms with E-state index in [0.29, 0.717) is 17.0 Å². The Bertz CT molecular complexity index is 1010. The van der Waals surface area contributed by atoms with E-state index in [1.165, 1.54) is 12.1 Å². The van der Waals surface area contributed by atoms with E-state index in [9.17, 15) is 16.8 Å². The van der Waals surface area contributed by atoms with Crippen LogP contribution in [0, 0.1) is 13.8 Å². The molecule has 0 bridgehead atoms. The number of hydrogen-bond donors (Lipinski definition) is 2. The molecule has 26 heavy (non-hydrogen) atoms. The summed E-state index contributed by atoms with van der Waals surface area (Å²) in [6.45, 7) is 7.56. The average molecular weight is 397 g/mol. The summed E-state index contributed by atoms with van der Waals surface area (Å²) in [6.07, 6.45) is 0.961. The van der Waals surface area contributed by atoms with Crippen molar-refractivity contribution in [2.24, 2.45) is 5.14 Å². The molecule has 0 amide bonds. The lowest BCUT2D eigenvalue weighted by atomic mass is 9.99. The minimum Gasteiger partial charge on any atom is -0.279 e. The van der Waals surface area contributed by atoms with Crippen LogP contribution in [-0.4, -0.2) is 16.8 Å². The molecule has 3 N–H and O–H groups in total. The Morgan fingerprint density at radius 2 is 1.58 bits per heavy atom. The monoisotopic (exact) mass is 396 g/mol. The molecule has 2 rings (SSSR count). The second-order valence-corrected chi connectivity index (χ2v) is 9.69. The van der Waals surface area contributed by atoms with Crippen LogP contribution < -0.4 is 9.86 Å². The van der Waals surface area contributed by atoms with Crippen molar-refractivity contribution in [1.82, 2.24) is 0 Å². The highest BCUT2D eigenvalue weighted by molar-refractivity contribution is 7.92. The van der Waals surface area contributed by atoms with E-state index in [0.717, 1.165) is 12.0 Å². The summed E-state index contributed by atoms with van der Waals surface area (Å²) in [5.74, 6) is 0.344. The fourth-order valence-electron chi connectivity index (χ4n) is 2.51. The van der Waals surface area contributed by atoms with Crippen LogP contribution in [0.4, 0.5) is 5.69 Å². The standard InChI is InChI=1S/C18H24N2O4S2/c1-5-12(2)15-6-8-16(9-7-15)26(23,24)20-18-11-17(25(19,21)22)10-13(3)14(18)4/h6-12,20H,5H2,1-4H3,(H2,19,21,22)/t12-/m1/s1. The molecule has 142 valence electrons. The van der Waals surface area contributed by atoms with E-state index in [-0.39, 0.29) is 15.5 Å². The number of rotatable bonds is 6. The first-order chi connectivity index (χ1) is 12.0. The minimum atomic E-state index is -3.94. The van der Waals surface area contributed by atoms with Gasteiger partial charge in [0, 0.05) is 0 Å². The molecule has 2 aromatic carbocycles. The maximum atomic E-state index is 12.7. The van der Waals surface area contributed by atoms with Crippen molar-refractivity contribution >= 4 is 25.7 Å². The van der Waals surface area contributed by atoms with Crippen molar-refractivity contribution < 1.29 is 16.8 Å². The molecule has 0 fully saturated rings.